The van der Waals surface area contributed by atoms with Crippen LogP contribution in [0.15, 0.2) is 35.5 Å². The Morgan fingerprint density at radius 3 is 2.26 bits per heavy atom. The first kappa shape index (κ1) is 24.9. The van der Waals surface area contributed by atoms with E-state index in [1.165, 1.54) is 0 Å². The Hall–Kier alpha value is -2.26. The molecule has 4 rings (SSSR count). The van der Waals surface area contributed by atoms with Gasteiger partial charge in [-0.3, -0.25) is 9.89 Å². The number of allylic oxidation sites excluding steroid dienone is 1. The third-order valence-electron chi connectivity index (χ3n) is 6.85. The van der Waals surface area contributed by atoms with Gasteiger partial charge < -0.3 is 14.0 Å². The summed E-state index contributed by atoms with van der Waals surface area (Å²) in [5.74, 6) is -2.97. The fraction of sp³-hybridized carbons (Fsp3) is 0.600. The number of hydrogen-bond acceptors (Lipinski definition) is 5. The van der Waals surface area contributed by atoms with Crippen LogP contribution in [-0.2, 0) is 14.0 Å². The molecule has 0 unspecified atom stereocenters. The second-order valence-corrected chi connectivity index (χ2v) is 11.3. The largest absolute Gasteiger partial charge is 0.494 e. The molecule has 0 saturated carbocycles. The molecule has 1 atom stereocenters. The van der Waals surface area contributed by atoms with Gasteiger partial charge in [0.1, 0.15) is 5.60 Å². The van der Waals surface area contributed by atoms with E-state index in [4.69, 9.17) is 14.0 Å². The summed E-state index contributed by atoms with van der Waals surface area (Å²) < 4.78 is 46.1. The summed E-state index contributed by atoms with van der Waals surface area (Å²) in [7, 11) is -0.452. The van der Waals surface area contributed by atoms with E-state index in [-0.39, 0.29) is 0 Å². The van der Waals surface area contributed by atoms with Crippen LogP contribution in [0.4, 0.5) is 13.6 Å². The molecule has 3 heterocycles. The first-order chi connectivity index (χ1) is 15.6. The molecular formula is C25H33BF2N2O4. The zero-order valence-electron chi connectivity index (χ0n) is 20.9. The van der Waals surface area contributed by atoms with E-state index in [1.807, 2.05) is 52.0 Å². The molecule has 0 aliphatic carbocycles. The lowest BCUT2D eigenvalue weighted by Gasteiger charge is -2.32. The summed E-state index contributed by atoms with van der Waals surface area (Å²) in [5.41, 5.74) is 1.70. The number of likely N-dealkylation sites (tertiary alicyclic amines) is 1. The van der Waals surface area contributed by atoms with Crippen LogP contribution in [0.25, 0.3) is 5.57 Å². The predicted octanol–water partition coefficient (Wildman–Crippen LogP) is 4.82. The maximum Gasteiger partial charge on any atom is 0.494 e. The fourth-order valence-corrected chi connectivity index (χ4v) is 4.29. The number of carbonyl (C=O) groups excluding carboxylic acids is 1. The topological polar surface area (TPSA) is 60.4 Å². The molecular weight excluding hydrogens is 441 g/mol. The lowest BCUT2D eigenvalue weighted by molar-refractivity contribution is -0.00210. The molecule has 1 amide bonds. The molecule has 2 fully saturated rings. The molecule has 3 aliphatic heterocycles. The lowest BCUT2D eigenvalue weighted by atomic mass is 9.78. The van der Waals surface area contributed by atoms with Crippen LogP contribution >= 0.6 is 0 Å². The zero-order chi connectivity index (χ0) is 25.1. The summed E-state index contributed by atoms with van der Waals surface area (Å²) in [4.78, 5) is 18.1. The van der Waals surface area contributed by atoms with E-state index in [0.29, 0.717) is 12.1 Å². The number of benzene rings is 1. The van der Waals surface area contributed by atoms with Crippen molar-refractivity contribution in [2.45, 2.75) is 90.1 Å². The smallest absolute Gasteiger partial charge is 0.444 e. The van der Waals surface area contributed by atoms with E-state index in [1.54, 1.807) is 27.0 Å². The molecule has 0 aromatic heterocycles. The van der Waals surface area contributed by atoms with Gasteiger partial charge in [0, 0.05) is 24.8 Å². The monoisotopic (exact) mass is 474 g/mol. The highest BCUT2D eigenvalue weighted by molar-refractivity contribution is 6.62. The number of nitrogens with zero attached hydrogens (tertiary/aromatic N) is 2. The quantitative estimate of drug-likeness (QED) is 0.590. The normalized spacial score (nSPS) is 25.4. The number of alkyl halides is 2. The minimum atomic E-state index is -2.97. The predicted molar refractivity (Wildman–Crippen MR) is 128 cm³/mol. The second kappa shape index (κ2) is 8.16. The maximum absolute atomic E-state index is 14.3. The fourth-order valence-electron chi connectivity index (χ4n) is 4.29. The van der Waals surface area contributed by atoms with Gasteiger partial charge in [-0.2, -0.15) is 0 Å². The van der Waals surface area contributed by atoms with Gasteiger partial charge in [-0.05, 0) is 65.1 Å². The van der Waals surface area contributed by atoms with Gasteiger partial charge in [-0.25, -0.2) is 13.6 Å². The average Bonchev–Trinajstić information content (AvgIpc) is 3.35. The Morgan fingerprint density at radius 1 is 1.12 bits per heavy atom. The molecule has 9 heteroatoms. The average molecular weight is 474 g/mol. The molecule has 1 aromatic rings. The van der Waals surface area contributed by atoms with Gasteiger partial charge in [0.15, 0.2) is 0 Å². The van der Waals surface area contributed by atoms with Crippen molar-refractivity contribution in [3.63, 3.8) is 0 Å². The van der Waals surface area contributed by atoms with E-state index >= 15 is 0 Å². The number of amides is 1. The second-order valence-electron chi connectivity index (χ2n) is 11.3. The van der Waals surface area contributed by atoms with Gasteiger partial charge in [0.05, 0.1) is 23.8 Å². The minimum absolute atomic E-state index is 0.399. The number of halogens is 2. The van der Waals surface area contributed by atoms with E-state index in [9.17, 15) is 13.6 Å². The van der Waals surface area contributed by atoms with Crippen LogP contribution in [0.1, 0.15) is 66.9 Å². The molecule has 0 radical (unpaired) electrons. The minimum Gasteiger partial charge on any atom is -0.444 e. The third kappa shape index (κ3) is 4.91. The summed E-state index contributed by atoms with van der Waals surface area (Å²) >= 11 is 0. The highest BCUT2D eigenvalue weighted by atomic mass is 19.3. The summed E-state index contributed by atoms with van der Waals surface area (Å²) in [5, 5.41) is 0. The van der Waals surface area contributed by atoms with Crippen molar-refractivity contribution in [2.75, 3.05) is 6.54 Å². The molecule has 184 valence electrons. The van der Waals surface area contributed by atoms with Gasteiger partial charge >= 0.3 is 13.2 Å². The summed E-state index contributed by atoms with van der Waals surface area (Å²) in [6.45, 7) is 12.5. The van der Waals surface area contributed by atoms with Crippen LogP contribution in [0.3, 0.4) is 0 Å². The molecule has 6 nitrogen and oxygen atoms in total. The number of carbonyl (C=O) groups is 1. The highest BCUT2D eigenvalue weighted by Gasteiger charge is 2.52. The van der Waals surface area contributed by atoms with Crippen LogP contribution < -0.4 is 5.46 Å². The lowest BCUT2D eigenvalue weighted by Crippen LogP contribution is -2.43. The van der Waals surface area contributed by atoms with E-state index in [0.717, 1.165) is 21.5 Å². The van der Waals surface area contributed by atoms with Gasteiger partial charge in [0.25, 0.3) is 5.92 Å². The van der Waals surface area contributed by atoms with Crippen LogP contribution in [0.2, 0.25) is 0 Å². The van der Waals surface area contributed by atoms with E-state index < -0.39 is 54.9 Å². The summed E-state index contributed by atoms with van der Waals surface area (Å²) in [6, 6.07) is 7.03. The van der Waals surface area contributed by atoms with Crippen molar-refractivity contribution in [1.82, 2.24) is 4.90 Å². The molecule has 3 aliphatic rings. The summed E-state index contributed by atoms with van der Waals surface area (Å²) in [6.07, 6.45) is 0.906. The zero-order valence-corrected chi connectivity index (χ0v) is 20.9. The van der Waals surface area contributed by atoms with Crippen molar-refractivity contribution in [3.8, 4) is 0 Å². The van der Waals surface area contributed by atoms with Crippen LogP contribution in [0.5, 0.6) is 0 Å². The van der Waals surface area contributed by atoms with Crippen LogP contribution in [-0.4, -0.2) is 59.1 Å². The van der Waals surface area contributed by atoms with Gasteiger partial charge in [-0.1, -0.05) is 24.3 Å². The number of aliphatic imine (C=N–C) groups is 1. The number of rotatable bonds is 3. The SMILES string of the molecule is CC(C)(C)OC(=O)N1CC(F)(F)C[C@H]1C1=NC=C(c2ccc(B3OC(C)(C)C(C)(C)O3)cc2)C1. The standard InChI is InChI=1S/C25H33BF2N2O4/c1-22(2,3)32-21(31)30-15-25(27,28)13-20(30)19-12-17(14-29-19)16-8-10-18(11-9-16)26-33-23(4,5)24(6,7)34-26/h8-11,14,20H,12-13,15H2,1-7H3/t20-/m0/s1. The highest BCUT2D eigenvalue weighted by Crippen LogP contribution is 2.38. The Bertz CT molecular complexity index is 1010. The number of ether oxygens (including phenoxy) is 1. The van der Waals surface area contributed by atoms with Crippen molar-refractivity contribution in [2.24, 2.45) is 4.99 Å². The Labute approximate surface area is 200 Å². The molecule has 0 N–H and O–H groups in total. The first-order valence-electron chi connectivity index (χ1n) is 11.7. The Balaban J connectivity index is 1.44. The van der Waals surface area contributed by atoms with Crippen molar-refractivity contribution >= 4 is 30.0 Å². The Kier molecular flexibility index (Phi) is 5.96. The van der Waals surface area contributed by atoms with Crippen molar-refractivity contribution < 1.29 is 27.6 Å². The van der Waals surface area contributed by atoms with Gasteiger partial charge in [-0.15, -0.1) is 0 Å². The first-order valence-corrected chi connectivity index (χ1v) is 11.7. The van der Waals surface area contributed by atoms with Crippen LogP contribution in [0, 0.1) is 0 Å². The molecule has 0 spiro atoms. The third-order valence-corrected chi connectivity index (χ3v) is 6.85. The molecule has 1 aromatic carbocycles. The molecule has 0 bridgehead atoms. The van der Waals surface area contributed by atoms with E-state index in [2.05, 4.69) is 4.99 Å². The number of hydrogen-bond donors (Lipinski definition) is 0. The van der Waals surface area contributed by atoms with Crippen molar-refractivity contribution in [3.05, 3.63) is 36.0 Å². The Morgan fingerprint density at radius 2 is 1.71 bits per heavy atom. The van der Waals surface area contributed by atoms with Crippen molar-refractivity contribution in [1.29, 1.82) is 0 Å². The molecule has 2 saturated heterocycles. The maximum atomic E-state index is 14.3. The molecule has 34 heavy (non-hydrogen) atoms. The van der Waals surface area contributed by atoms with Gasteiger partial charge in [0.2, 0.25) is 0 Å².